The van der Waals surface area contributed by atoms with E-state index in [0.29, 0.717) is 36.8 Å². The number of aromatic amines is 2. The lowest BCUT2D eigenvalue weighted by molar-refractivity contribution is 0.104. The fourth-order valence-corrected chi connectivity index (χ4v) is 4.16. The highest BCUT2D eigenvalue weighted by molar-refractivity contribution is 6.31. The van der Waals surface area contributed by atoms with Gasteiger partial charge in [0.2, 0.25) is 5.88 Å². The molecule has 4 N–H and O–H groups in total. The minimum atomic E-state index is -0.488. The van der Waals surface area contributed by atoms with Crippen LogP contribution in [0.25, 0.3) is 6.08 Å². The van der Waals surface area contributed by atoms with Crippen molar-refractivity contribution in [2.24, 2.45) is 20.5 Å². The Labute approximate surface area is 201 Å². The number of hydrogen-bond acceptors (Lipinski definition) is 7. The summed E-state index contributed by atoms with van der Waals surface area (Å²) in [4.78, 5) is 26.2. The molecule has 5 rings (SSSR count). The number of nitrogens with one attached hydrogen (secondary N) is 3. The number of anilines is 1. The van der Waals surface area contributed by atoms with Crippen LogP contribution in [-0.4, -0.2) is 63.9 Å². The van der Waals surface area contributed by atoms with E-state index in [1.165, 1.54) is 0 Å². The van der Waals surface area contributed by atoms with E-state index >= 15 is 0 Å². The van der Waals surface area contributed by atoms with E-state index in [0.717, 1.165) is 30.2 Å². The molecule has 10 nitrogen and oxygen atoms in total. The van der Waals surface area contributed by atoms with Gasteiger partial charge in [-0.25, -0.2) is 14.8 Å². The van der Waals surface area contributed by atoms with Crippen molar-refractivity contribution in [1.82, 2.24) is 15.0 Å². The molecule has 0 bridgehead atoms. The first-order chi connectivity index (χ1) is 16.4. The van der Waals surface area contributed by atoms with Gasteiger partial charge in [-0.3, -0.25) is 9.98 Å². The molecular formula is C23H26ClN7O3. The van der Waals surface area contributed by atoms with Gasteiger partial charge in [-0.15, -0.1) is 0 Å². The molecule has 1 unspecified atom stereocenters. The lowest BCUT2D eigenvalue weighted by atomic mass is 10.1. The Kier molecular flexibility index (Phi) is 6.01. The summed E-state index contributed by atoms with van der Waals surface area (Å²) in [5.74, 6) is 1.28. The maximum absolute atomic E-state index is 11.5. The van der Waals surface area contributed by atoms with Gasteiger partial charge in [0.05, 0.1) is 19.2 Å². The fourth-order valence-electron chi connectivity index (χ4n) is 3.97. The number of ether oxygens (including phenoxy) is 1. The summed E-state index contributed by atoms with van der Waals surface area (Å²) < 4.78 is 5.67. The summed E-state index contributed by atoms with van der Waals surface area (Å²) >= 11 is 6.15. The highest BCUT2D eigenvalue weighted by Gasteiger charge is 2.43. The SMILES string of the molecule is CCOCC1(CN=C2CC(Nc3cccc(Cl)c3)=NC3/C(=C/c4[nH]c(=O)[nH]c4O)C=NN23)CC1. The fraction of sp³-hybridized carbons (Fsp3) is 0.391. The lowest BCUT2D eigenvalue weighted by Gasteiger charge is -2.29. The molecule has 0 spiro atoms. The molecule has 34 heavy (non-hydrogen) atoms. The summed E-state index contributed by atoms with van der Waals surface area (Å²) in [5, 5.41) is 20.3. The Hall–Kier alpha value is -3.37. The highest BCUT2D eigenvalue weighted by atomic mass is 35.5. The molecule has 1 fully saturated rings. The highest BCUT2D eigenvalue weighted by Crippen LogP contribution is 2.46. The minimum absolute atomic E-state index is 0.103. The van der Waals surface area contributed by atoms with Crippen LogP contribution in [0.1, 0.15) is 31.9 Å². The number of amidine groups is 2. The third kappa shape index (κ3) is 4.78. The molecule has 1 aliphatic carbocycles. The monoisotopic (exact) mass is 483 g/mol. The van der Waals surface area contributed by atoms with Crippen LogP contribution < -0.4 is 11.0 Å². The first-order valence-electron chi connectivity index (χ1n) is 11.2. The van der Waals surface area contributed by atoms with Crippen molar-refractivity contribution in [3.05, 3.63) is 51.0 Å². The molecule has 0 radical (unpaired) electrons. The predicted octanol–water partition coefficient (Wildman–Crippen LogP) is 3.20. The smallest absolute Gasteiger partial charge is 0.326 e. The van der Waals surface area contributed by atoms with Crippen molar-refractivity contribution in [3.8, 4) is 5.88 Å². The summed E-state index contributed by atoms with van der Waals surface area (Å²) in [5.41, 5.74) is 1.42. The zero-order chi connectivity index (χ0) is 23.7. The second kappa shape index (κ2) is 9.11. The number of hydrazone groups is 1. The molecule has 1 aromatic heterocycles. The van der Waals surface area contributed by atoms with Crippen LogP contribution >= 0.6 is 11.6 Å². The van der Waals surface area contributed by atoms with E-state index in [2.05, 4.69) is 20.4 Å². The zero-order valence-corrected chi connectivity index (χ0v) is 19.5. The second-order valence-corrected chi connectivity index (χ2v) is 9.14. The van der Waals surface area contributed by atoms with Crippen LogP contribution in [0.2, 0.25) is 5.02 Å². The van der Waals surface area contributed by atoms with Gasteiger partial charge in [0.15, 0.2) is 6.17 Å². The molecule has 2 aromatic rings. The quantitative estimate of drug-likeness (QED) is 0.480. The Balaban J connectivity index is 1.44. The minimum Gasteiger partial charge on any atom is -0.493 e. The zero-order valence-electron chi connectivity index (χ0n) is 18.7. The second-order valence-electron chi connectivity index (χ2n) is 8.71. The van der Waals surface area contributed by atoms with Gasteiger partial charge >= 0.3 is 5.69 Å². The number of halogens is 1. The van der Waals surface area contributed by atoms with Gasteiger partial charge in [0.25, 0.3) is 0 Å². The van der Waals surface area contributed by atoms with E-state index in [1.54, 1.807) is 17.3 Å². The van der Waals surface area contributed by atoms with Crippen molar-refractivity contribution >= 4 is 41.3 Å². The summed E-state index contributed by atoms with van der Waals surface area (Å²) in [6.07, 6.45) is 5.53. The van der Waals surface area contributed by atoms with Crippen LogP contribution in [0.5, 0.6) is 5.88 Å². The number of aliphatic imine (C=N–C) groups is 2. The molecule has 0 amide bonds. The van der Waals surface area contributed by atoms with Gasteiger partial charge < -0.3 is 20.1 Å². The number of fused-ring (bicyclic) bond motifs is 1. The van der Waals surface area contributed by atoms with Gasteiger partial charge in [0.1, 0.15) is 17.4 Å². The average Bonchev–Trinajstić information content (AvgIpc) is 3.36. The van der Waals surface area contributed by atoms with Gasteiger partial charge in [-0.2, -0.15) is 5.10 Å². The van der Waals surface area contributed by atoms with E-state index < -0.39 is 11.9 Å². The van der Waals surface area contributed by atoms with Crippen LogP contribution in [0.4, 0.5) is 5.69 Å². The normalized spacial score (nSPS) is 22.8. The van der Waals surface area contributed by atoms with Crippen molar-refractivity contribution in [1.29, 1.82) is 0 Å². The van der Waals surface area contributed by atoms with Crippen molar-refractivity contribution in [2.75, 3.05) is 25.1 Å². The number of H-pyrrole nitrogens is 2. The third-order valence-electron chi connectivity index (χ3n) is 6.06. The molecule has 1 saturated carbocycles. The number of rotatable bonds is 7. The molecule has 3 aliphatic rings. The molecule has 178 valence electrons. The number of imidazole rings is 1. The van der Waals surface area contributed by atoms with E-state index in [-0.39, 0.29) is 17.0 Å². The Morgan fingerprint density at radius 2 is 2.26 bits per heavy atom. The van der Waals surface area contributed by atoms with Crippen LogP contribution in [0, 0.1) is 5.41 Å². The number of benzene rings is 1. The molecule has 1 atom stereocenters. The van der Waals surface area contributed by atoms with Crippen molar-refractivity contribution in [2.45, 2.75) is 32.4 Å². The molecule has 2 aliphatic heterocycles. The molecular weight excluding hydrogens is 458 g/mol. The van der Waals surface area contributed by atoms with E-state index in [1.807, 2.05) is 31.2 Å². The van der Waals surface area contributed by atoms with Gasteiger partial charge in [-0.05, 0) is 44.0 Å². The van der Waals surface area contributed by atoms with Crippen molar-refractivity contribution in [3.63, 3.8) is 0 Å². The molecule has 11 heteroatoms. The molecule has 3 heterocycles. The van der Waals surface area contributed by atoms with Gasteiger partial charge in [-0.1, -0.05) is 17.7 Å². The number of hydrogen-bond donors (Lipinski definition) is 4. The largest absolute Gasteiger partial charge is 0.493 e. The maximum Gasteiger partial charge on any atom is 0.326 e. The summed E-state index contributed by atoms with van der Waals surface area (Å²) in [6, 6.07) is 7.44. The first-order valence-corrected chi connectivity index (χ1v) is 11.6. The van der Waals surface area contributed by atoms with Crippen LogP contribution in [-0.2, 0) is 4.74 Å². The summed E-state index contributed by atoms with van der Waals surface area (Å²) in [7, 11) is 0. The first kappa shape index (κ1) is 22.4. The maximum atomic E-state index is 11.5. The standard InChI is InChI=1S/C23H26ClN7O3/c1-2-34-13-23(6-7-23)12-25-19-10-18(27-16-5-3-4-15(24)9-16)29-20-14(11-26-31(19)20)8-17-21(32)30-22(33)28-17/h3-5,8-9,11,20,32H,2,6-7,10,12-13H2,1H3,(H,27,29)(H2,28,30,33)/b14-8+,25-19?. The molecule has 1 aromatic carbocycles. The van der Waals surface area contributed by atoms with Gasteiger partial charge in [0, 0.05) is 34.8 Å². The Morgan fingerprint density at radius 3 is 2.97 bits per heavy atom. The lowest BCUT2D eigenvalue weighted by Crippen LogP contribution is -2.41. The topological polar surface area (TPSA) is 130 Å². The number of nitrogens with zero attached hydrogens (tertiary/aromatic N) is 4. The number of aromatic hydroxyl groups is 1. The summed E-state index contributed by atoms with van der Waals surface area (Å²) in [6.45, 7) is 4.07. The van der Waals surface area contributed by atoms with Crippen LogP contribution in [0.15, 0.2) is 49.7 Å². The third-order valence-corrected chi connectivity index (χ3v) is 6.29. The Morgan fingerprint density at radius 1 is 1.41 bits per heavy atom. The molecule has 0 saturated heterocycles. The van der Waals surface area contributed by atoms with Crippen LogP contribution in [0.3, 0.4) is 0 Å². The van der Waals surface area contributed by atoms with Crippen molar-refractivity contribution < 1.29 is 9.84 Å². The van der Waals surface area contributed by atoms with E-state index in [9.17, 15) is 9.90 Å². The Bertz CT molecular complexity index is 1260. The van der Waals surface area contributed by atoms with E-state index in [4.69, 9.17) is 26.3 Å². The number of aromatic nitrogens is 2. The predicted molar refractivity (Wildman–Crippen MR) is 133 cm³/mol. The average molecular weight is 484 g/mol.